The third-order valence-corrected chi connectivity index (χ3v) is 0. The summed E-state index contributed by atoms with van der Waals surface area (Å²) in [6.07, 6.45) is 0. The summed E-state index contributed by atoms with van der Waals surface area (Å²) < 4.78 is 0. The summed E-state index contributed by atoms with van der Waals surface area (Å²) in [7, 11) is 0. The van der Waals surface area contributed by atoms with E-state index in [1.807, 2.05) is 0 Å². The smallest absolute Gasteiger partial charge is 0 e. The van der Waals surface area contributed by atoms with Gasteiger partial charge in [0.15, 0.2) is 0 Å². The quantitative estimate of drug-likeness (QED) is 0.307. The summed E-state index contributed by atoms with van der Waals surface area (Å²) in [6, 6.07) is 0. The van der Waals surface area contributed by atoms with Crippen molar-refractivity contribution in [3.63, 3.8) is 0 Å². The van der Waals surface area contributed by atoms with Crippen LogP contribution in [-0.4, -0.2) is 53.5 Å². The summed E-state index contributed by atoms with van der Waals surface area (Å²) in [5, 5.41) is 0. The molecule has 0 nitrogen and oxygen atoms in total. The largest absolute Gasteiger partial charge is 0 e. The minimum Gasteiger partial charge on any atom is 0 e. The van der Waals surface area contributed by atoms with E-state index in [4.69, 9.17) is 0 Å². The molecule has 4 heavy (non-hydrogen) atoms. The van der Waals surface area contributed by atoms with Crippen molar-refractivity contribution in [2.24, 2.45) is 0 Å². The van der Waals surface area contributed by atoms with E-state index in [1.54, 1.807) is 0 Å². The van der Waals surface area contributed by atoms with Gasteiger partial charge in [-0.15, -0.1) is 0 Å². The molecule has 0 amide bonds. The molecule has 0 aromatic carbocycles. The zero-order valence-electron chi connectivity index (χ0n) is 1.96. The predicted octanol–water partition coefficient (Wildman–Crippen LogP) is -0.767. The summed E-state index contributed by atoms with van der Waals surface area (Å²) in [5.74, 6) is 0. The molecule has 8 radical (unpaired) electrons. The Bertz CT molecular complexity index is 8.00. The fraction of sp³-hybridized carbons (Fsp3) is 0. The maximum Gasteiger partial charge on any atom is 0 e. The third kappa shape index (κ3) is 9.08. The van der Waals surface area contributed by atoms with Crippen LogP contribution in [0.2, 0.25) is 0 Å². The predicted molar refractivity (Wildman–Crippen MR) is 11.5 cm³/mol. The zero-order valence-corrected chi connectivity index (χ0v) is 14.8. The van der Waals surface area contributed by atoms with E-state index in [0.29, 0.717) is 0 Å². The Kier molecular flexibility index (Phi) is 104. The van der Waals surface area contributed by atoms with Crippen LogP contribution >= 0.6 is 0 Å². The van der Waals surface area contributed by atoms with Crippen molar-refractivity contribution in [2.45, 2.75) is 0 Å². The van der Waals surface area contributed by atoms with Gasteiger partial charge in [-0.3, -0.25) is 0 Å². The molecule has 0 fully saturated rings. The number of rotatable bonds is 0. The van der Waals surface area contributed by atoms with E-state index in [-0.39, 0.29) is 103 Å². The first-order valence-corrected chi connectivity index (χ1v) is 0. The zero-order chi connectivity index (χ0) is 0. The van der Waals surface area contributed by atoms with Crippen molar-refractivity contribution in [1.82, 2.24) is 0 Å². The van der Waals surface area contributed by atoms with Crippen LogP contribution in [0, 0.1) is 0 Å². The third-order valence-electron chi connectivity index (χ3n) is 0. The first-order valence-electron chi connectivity index (χ1n) is 0. The molecule has 0 aromatic rings. The molecule has 0 spiro atoms. The Morgan fingerprint density at radius 2 is 1.00 bits per heavy atom. The molecule has 0 unspecified atom stereocenters. The van der Waals surface area contributed by atoms with Crippen molar-refractivity contribution in [3.8, 4) is 0 Å². The Balaban J connectivity index is 0. The maximum absolute atomic E-state index is 0. The van der Waals surface area contributed by atoms with Gasteiger partial charge in [0.1, 0.15) is 0 Å². The van der Waals surface area contributed by atoms with Crippen molar-refractivity contribution < 1.29 is 49.7 Å². The molecule has 0 saturated carbocycles. The van der Waals surface area contributed by atoms with Gasteiger partial charge in [-0.25, -0.2) is 0 Å². The summed E-state index contributed by atoms with van der Waals surface area (Å²) in [5.41, 5.74) is 0. The molecule has 0 saturated heterocycles. The van der Waals surface area contributed by atoms with Crippen LogP contribution in [0.25, 0.3) is 0 Å². The van der Waals surface area contributed by atoms with Crippen LogP contribution in [0.15, 0.2) is 0 Å². The molecular weight excluding hydrogens is 636 g/mol. The van der Waals surface area contributed by atoms with Gasteiger partial charge in [0.25, 0.3) is 0 Å². The van der Waals surface area contributed by atoms with Gasteiger partial charge in [0.2, 0.25) is 0 Å². The standard InChI is InChI=1S/Ag.Bi.Cd.Pb. The van der Waals surface area contributed by atoms with Crippen molar-refractivity contribution in [3.05, 3.63) is 0 Å². The van der Waals surface area contributed by atoms with Crippen LogP contribution in [0.1, 0.15) is 0 Å². The first-order chi connectivity index (χ1) is 0. The number of hydrogen-bond acceptors (Lipinski definition) is 0. The molecule has 0 aliphatic carbocycles. The van der Waals surface area contributed by atoms with Gasteiger partial charge in [-0.2, -0.15) is 0 Å². The van der Waals surface area contributed by atoms with Crippen LogP contribution in [0.5, 0.6) is 0 Å². The van der Waals surface area contributed by atoms with E-state index in [2.05, 4.69) is 0 Å². The van der Waals surface area contributed by atoms with Crippen LogP contribution < -0.4 is 0 Å². The van der Waals surface area contributed by atoms with Gasteiger partial charge in [-0.1, -0.05) is 0 Å². The summed E-state index contributed by atoms with van der Waals surface area (Å²) >= 11 is 0. The molecule has 0 N–H and O–H groups in total. The van der Waals surface area contributed by atoms with E-state index < -0.39 is 0 Å². The first kappa shape index (κ1) is 26.0. The van der Waals surface area contributed by atoms with Gasteiger partial charge >= 0.3 is 0 Å². The molecule has 22 valence electrons. The topological polar surface area (TPSA) is 0 Å². The molecule has 0 bridgehead atoms. The second kappa shape index (κ2) is 16.1. The second-order valence-corrected chi connectivity index (χ2v) is 0. The van der Waals surface area contributed by atoms with E-state index >= 15 is 0 Å². The van der Waals surface area contributed by atoms with Gasteiger partial charge in [0, 0.05) is 103 Å². The molecule has 0 rings (SSSR count). The Morgan fingerprint density at radius 1 is 1.00 bits per heavy atom. The van der Waals surface area contributed by atoms with Crippen LogP contribution in [0.3, 0.4) is 0 Å². The molecule has 0 aliphatic rings. The van der Waals surface area contributed by atoms with Crippen LogP contribution in [0.4, 0.5) is 0 Å². The fourth-order valence-corrected chi connectivity index (χ4v) is 0. The molecule has 0 aliphatic heterocycles. The van der Waals surface area contributed by atoms with E-state index in [1.165, 1.54) is 0 Å². The monoisotopic (exact) mass is 638 g/mol. The minimum absolute atomic E-state index is 0. The second-order valence-electron chi connectivity index (χ2n) is 0. The van der Waals surface area contributed by atoms with Crippen LogP contribution in [-0.2, 0) is 49.7 Å². The van der Waals surface area contributed by atoms with Crippen molar-refractivity contribution >= 4 is 53.5 Å². The van der Waals surface area contributed by atoms with Gasteiger partial charge in [-0.05, 0) is 0 Å². The molecule has 0 heterocycles. The molecule has 4 heteroatoms. The van der Waals surface area contributed by atoms with Crippen molar-refractivity contribution in [2.75, 3.05) is 0 Å². The van der Waals surface area contributed by atoms with E-state index in [0.717, 1.165) is 0 Å². The minimum atomic E-state index is 0. The summed E-state index contributed by atoms with van der Waals surface area (Å²) in [6.45, 7) is 0. The fourth-order valence-electron chi connectivity index (χ4n) is 0. The average Bonchev–Trinajstić information content (AvgIpc) is 0. The molecule has 0 atom stereocenters. The van der Waals surface area contributed by atoms with Gasteiger partial charge in [0.05, 0.1) is 0 Å². The average molecular weight is 636 g/mol. The van der Waals surface area contributed by atoms with Gasteiger partial charge < -0.3 is 0 Å². The molecular formula is AgBiCdPb. The SMILES string of the molecule is [Ag].[Bi].[Cd].[Pb]. The molecule has 0 aromatic heterocycles. The Morgan fingerprint density at radius 3 is 1.00 bits per heavy atom. The maximum atomic E-state index is 0. The number of hydrogen-bond donors (Lipinski definition) is 0. The van der Waals surface area contributed by atoms with Crippen molar-refractivity contribution in [1.29, 1.82) is 0 Å². The summed E-state index contributed by atoms with van der Waals surface area (Å²) in [4.78, 5) is 0. The Labute approximate surface area is 101 Å². The normalized spacial score (nSPS) is 0. The Hall–Kier alpha value is 3.47. The van der Waals surface area contributed by atoms with E-state index in [9.17, 15) is 0 Å².